The van der Waals surface area contributed by atoms with Crippen molar-refractivity contribution in [2.24, 2.45) is 0 Å². The van der Waals surface area contributed by atoms with Gasteiger partial charge in [0.05, 0.1) is 16.6 Å². The molecule has 0 aromatic heterocycles. The summed E-state index contributed by atoms with van der Waals surface area (Å²) >= 11 is 0. The first-order valence-corrected chi connectivity index (χ1v) is 15.1. The fourth-order valence-corrected chi connectivity index (χ4v) is 7.64. The first kappa shape index (κ1) is 25.2. The molecule has 6 aromatic carbocycles. The first-order valence-electron chi connectivity index (χ1n) is 15.1. The quantitative estimate of drug-likeness (QED) is 0.189. The Hall–Kier alpha value is -4.38. The van der Waals surface area contributed by atoms with Crippen molar-refractivity contribution in [1.82, 2.24) is 0 Å². The summed E-state index contributed by atoms with van der Waals surface area (Å²) in [6.45, 7) is 8.46. The van der Waals surface area contributed by atoms with Crippen molar-refractivity contribution >= 4 is 34.1 Å². The van der Waals surface area contributed by atoms with Crippen LogP contribution in [0.2, 0.25) is 0 Å². The van der Waals surface area contributed by atoms with Gasteiger partial charge in [-0.1, -0.05) is 115 Å². The lowest BCUT2D eigenvalue weighted by Crippen LogP contribution is -2.41. The SMILES string of the molecule is CC1(C)OB(c2cc3c(c4ccccc24)Oc2c(ccc4ccccc24)C32c3ccccc3-c3ccccc32)OC1(C)C. The van der Waals surface area contributed by atoms with Gasteiger partial charge in [0.2, 0.25) is 0 Å². The summed E-state index contributed by atoms with van der Waals surface area (Å²) in [7, 11) is -0.512. The molecule has 0 atom stereocenters. The average Bonchev–Trinajstić information content (AvgIpc) is 3.43. The highest BCUT2D eigenvalue weighted by Crippen LogP contribution is 2.63. The molecular weight excluding hydrogens is 527 g/mol. The number of fused-ring (bicyclic) bond motifs is 13. The van der Waals surface area contributed by atoms with Crippen LogP contribution in [0.4, 0.5) is 0 Å². The molecule has 6 aromatic rings. The second-order valence-corrected chi connectivity index (χ2v) is 13.1. The molecule has 0 bridgehead atoms. The Balaban J connectivity index is 1.46. The van der Waals surface area contributed by atoms with Crippen LogP contribution < -0.4 is 10.2 Å². The second-order valence-electron chi connectivity index (χ2n) is 13.1. The third-order valence-corrected chi connectivity index (χ3v) is 10.4. The standard InChI is InChI=1S/C39H31BO3/c1-37(2)38(3,4)43-40(42-37)34-23-33-36(29-18-8-7-17-28(29)34)41-35-25-14-6-5-13-24(25)21-22-32(35)39(33)30-19-11-9-15-26(30)27-16-10-12-20-31(27)39/h5-23H,1-4H3. The van der Waals surface area contributed by atoms with Crippen LogP contribution in [0, 0.1) is 0 Å². The van der Waals surface area contributed by atoms with Crippen LogP contribution in [0.3, 0.4) is 0 Å². The molecule has 0 N–H and O–H groups in total. The van der Waals surface area contributed by atoms with Gasteiger partial charge in [0.25, 0.3) is 0 Å². The van der Waals surface area contributed by atoms with Crippen LogP contribution in [-0.2, 0) is 14.7 Å². The fourth-order valence-electron chi connectivity index (χ4n) is 7.64. The van der Waals surface area contributed by atoms with E-state index in [1.807, 2.05) is 0 Å². The molecule has 43 heavy (non-hydrogen) atoms. The highest BCUT2D eigenvalue weighted by molar-refractivity contribution is 6.65. The van der Waals surface area contributed by atoms with Crippen LogP contribution in [0.25, 0.3) is 32.7 Å². The van der Waals surface area contributed by atoms with Crippen molar-refractivity contribution in [3.63, 3.8) is 0 Å². The number of hydrogen-bond acceptors (Lipinski definition) is 3. The van der Waals surface area contributed by atoms with Gasteiger partial charge in [0, 0.05) is 21.9 Å². The molecule has 1 fully saturated rings. The summed E-state index contributed by atoms with van der Waals surface area (Å²) in [5.74, 6) is 1.82. The molecule has 0 saturated carbocycles. The molecule has 208 valence electrons. The van der Waals surface area contributed by atoms with E-state index in [1.165, 1.54) is 22.3 Å². The van der Waals surface area contributed by atoms with Gasteiger partial charge < -0.3 is 14.0 Å². The fraction of sp³-hybridized carbons (Fsp3) is 0.179. The van der Waals surface area contributed by atoms with Crippen molar-refractivity contribution in [3.05, 3.63) is 138 Å². The van der Waals surface area contributed by atoms with E-state index < -0.39 is 23.7 Å². The molecule has 4 heteroatoms. The van der Waals surface area contributed by atoms with E-state index in [2.05, 4.69) is 143 Å². The molecule has 3 nitrogen and oxygen atoms in total. The molecule has 0 radical (unpaired) electrons. The minimum Gasteiger partial charge on any atom is -0.455 e. The van der Waals surface area contributed by atoms with Gasteiger partial charge in [-0.2, -0.15) is 0 Å². The van der Waals surface area contributed by atoms with Gasteiger partial charge in [-0.25, -0.2) is 0 Å². The Morgan fingerprint density at radius 2 is 1.02 bits per heavy atom. The molecule has 0 amide bonds. The van der Waals surface area contributed by atoms with E-state index in [4.69, 9.17) is 14.0 Å². The zero-order valence-corrected chi connectivity index (χ0v) is 24.8. The monoisotopic (exact) mass is 558 g/mol. The highest BCUT2D eigenvalue weighted by Gasteiger charge is 2.55. The molecule has 1 aliphatic carbocycles. The lowest BCUT2D eigenvalue weighted by molar-refractivity contribution is 0.00578. The zero-order valence-electron chi connectivity index (χ0n) is 24.8. The van der Waals surface area contributed by atoms with E-state index >= 15 is 0 Å². The maximum Gasteiger partial charge on any atom is 0.495 e. The Bertz CT molecular complexity index is 2080. The lowest BCUT2D eigenvalue weighted by atomic mass is 9.63. The van der Waals surface area contributed by atoms with Crippen LogP contribution in [0.5, 0.6) is 11.5 Å². The van der Waals surface area contributed by atoms with E-state index in [-0.39, 0.29) is 0 Å². The summed E-state index contributed by atoms with van der Waals surface area (Å²) in [4.78, 5) is 0. The Morgan fingerprint density at radius 3 is 1.70 bits per heavy atom. The molecule has 1 spiro atoms. The first-order chi connectivity index (χ1) is 20.8. The van der Waals surface area contributed by atoms with Crippen molar-refractivity contribution in [2.45, 2.75) is 44.3 Å². The van der Waals surface area contributed by atoms with Gasteiger partial charge in [-0.3, -0.25) is 0 Å². The smallest absolute Gasteiger partial charge is 0.455 e. The van der Waals surface area contributed by atoms with Crippen molar-refractivity contribution < 1.29 is 14.0 Å². The third kappa shape index (κ3) is 3.12. The Morgan fingerprint density at radius 1 is 0.488 bits per heavy atom. The van der Waals surface area contributed by atoms with Gasteiger partial charge >= 0.3 is 7.12 Å². The predicted molar refractivity (Wildman–Crippen MR) is 175 cm³/mol. The molecule has 9 rings (SSSR count). The lowest BCUT2D eigenvalue weighted by Gasteiger charge is -2.40. The average molecular weight is 558 g/mol. The van der Waals surface area contributed by atoms with Gasteiger partial charge in [0.1, 0.15) is 11.5 Å². The second kappa shape index (κ2) is 8.38. The van der Waals surface area contributed by atoms with Gasteiger partial charge in [-0.15, -0.1) is 0 Å². The normalized spacial score (nSPS) is 18.3. The van der Waals surface area contributed by atoms with E-state index in [9.17, 15) is 0 Å². The number of benzene rings is 6. The number of hydrogen-bond donors (Lipinski definition) is 0. The minimum absolute atomic E-state index is 0.457. The summed E-state index contributed by atoms with van der Waals surface area (Å²) < 4.78 is 20.5. The van der Waals surface area contributed by atoms with E-state index in [0.717, 1.165) is 49.6 Å². The molecule has 1 saturated heterocycles. The Labute approximate surface area is 252 Å². The van der Waals surface area contributed by atoms with Crippen molar-refractivity contribution in [1.29, 1.82) is 0 Å². The molecular formula is C39H31BO3. The van der Waals surface area contributed by atoms with E-state index in [0.29, 0.717) is 0 Å². The molecule has 2 aliphatic heterocycles. The minimum atomic E-state index is -0.581. The Kier molecular flexibility index (Phi) is 4.90. The van der Waals surface area contributed by atoms with E-state index in [1.54, 1.807) is 0 Å². The number of rotatable bonds is 1. The summed E-state index contributed by atoms with van der Waals surface area (Å²) in [6.07, 6.45) is 0. The molecule has 0 unspecified atom stereocenters. The number of ether oxygens (including phenoxy) is 1. The highest BCUT2D eigenvalue weighted by atomic mass is 16.7. The predicted octanol–water partition coefficient (Wildman–Crippen LogP) is 8.76. The maximum absolute atomic E-state index is 7.14. The van der Waals surface area contributed by atoms with Gasteiger partial charge in [0.15, 0.2) is 0 Å². The van der Waals surface area contributed by atoms with Crippen LogP contribution in [0.15, 0.2) is 115 Å². The molecule has 2 heterocycles. The maximum atomic E-state index is 7.14. The van der Waals surface area contributed by atoms with Crippen LogP contribution in [-0.4, -0.2) is 18.3 Å². The van der Waals surface area contributed by atoms with Crippen LogP contribution in [0.1, 0.15) is 49.9 Å². The summed E-state index contributed by atoms with van der Waals surface area (Å²) in [5.41, 5.74) is 6.87. The summed E-state index contributed by atoms with van der Waals surface area (Å²) in [5, 5.41) is 4.42. The third-order valence-electron chi connectivity index (χ3n) is 10.4. The van der Waals surface area contributed by atoms with Crippen molar-refractivity contribution in [2.75, 3.05) is 0 Å². The molecule has 3 aliphatic rings. The van der Waals surface area contributed by atoms with Gasteiger partial charge in [-0.05, 0) is 66.2 Å². The largest absolute Gasteiger partial charge is 0.495 e. The van der Waals surface area contributed by atoms with Crippen molar-refractivity contribution in [3.8, 4) is 22.6 Å². The topological polar surface area (TPSA) is 27.7 Å². The zero-order chi connectivity index (χ0) is 29.1. The van der Waals surface area contributed by atoms with Crippen LogP contribution >= 0.6 is 0 Å². The summed E-state index contributed by atoms with van der Waals surface area (Å²) in [6, 6.07) is 41.6.